The zero-order valence-corrected chi connectivity index (χ0v) is 17.8. The van der Waals surface area contributed by atoms with E-state index >= 15 is 0 Å². The van der Waals surface area contributed by atoms with Gasteiger partial charge in [-0.25, -0.2) is 18.7 Å². The monoisotopic (exact) mass is 469 g/mol. The van der Waals surface area contributed by atoms with Gasteiger partial charge in [-0.2, -0.15) is 0 Å². The van der Waals surface area contributed by atoms with E-state index in [9.17, 15) is 18.4 Å². The number of nitrogens with one attached hydrogen (secondary N) is 2. The Labute approximate surface area is 184 Å². The third-order valence-electron chi connectivity index (χ3n) is 4.88. The summed E-state index contributed by atoms with van der Waals surface area (Å²) in [7, 11) is -1.86. The summed E-state index contributed by atoms with van der Waals surface area (Å²) in [6.45, 7) is 3.61. The number of alkyl halides is 2. The van der Waals surface area contributed by atoms with Gasteiger partial charge in [0.2, 0.25) is 6.23 Å². The van der Waals surface area contributed by atoms with Crippen LogP contribution in [-0.2, 0) is 18.8 Å². The molecule has 1 aromatic rings. The topological polar surface area (TPSA) is 98.4 Å². The number of rotatable bonds is 8. The summed E-state index contributed by atoms with van der Waals surface area (Å²) in [6.07, 6.45) is -0.358. The zero-order valence-electron chi connectivity index (χ0n) is 16.9. The highest BCUT2D eigenvalue weighted by Gasteiger charge is 2.54. The summed E-state index contributed by atoms with van der Waals surface area (Å²) in [5, 5.41) is 5.32. The molecule has 0 saturated carbocycles. The highest BCUT2D eigenvalue weighted by Crippen LogP contribution is 2.42. The van der Waals surface area contributed by atoms with Crippen LogP contribution in [0.4, 0.5) is 13.6 Å². The first-order valence-corrected chi connectivity index (χ1v) is 11.1. The summed E-state index contributed by atoms with van der Waals surface area (Å²) < 4.78 is 51.1. The van der Waals surface area contributed by atoms with E-state index in [1.165, 1.54) is 12.3 Å². The molecule has 12 heteroatoms. The maximum Gasteiger partial charge on any atom is 0.328 e. The predicted octanol–water partition coefficient (Wildman–Crippen LogP) is 3.02. The second-order valence-electron chi connectivity index (χ2n) is 7.35. The second kappa shape index (κ2) is 9.50. The number of allylic oxidation sites excluding steroid dienone is 1. The Bertz CT molecular complexity index is 903. The molecular formula is C20H22F2N3O6P. The fourth-order valence-electron chi connectivity index (χ4n) is 3.33. The Morgan fingerprint density at radius 1 is 1.31 bits per heavy atom. The number of amides is 2. The molecule has 2 saturated heterocycles. The molecule has 3 heterocycles. The molecule has 4 atom stereocenters. The van der Waals surface area contributed by atoms with Gasteiger partial charge in [0, 0.05) is 24.7 Å². The molecule has 0 aromatic heterocycles. The van der Waals surface area contributed by atoms with E-state index in [4.69, 9.17) is 18.5 Å². The van der Waals surface area contributed by atoms with Crippen LogP contribution in [0.5, 0.6) is 5.75 Å². The summed E-state index contributed by atoms with van der Waals surface area (Å²) in [5.41, 5.74) is 0.299. The van der Waals surface area contributed by atoms with Gasteiger partial charge in [-0.3, -0.25) is 9.69 Å². The van der Waals surface area contributed by atoms with Crippen LogP contribution in [0.1, 0.15) is 12.8 Å². The van der Waals surface area contributed by atoms with Crippen molar-refractivity contribution in [2.45, 2.75) is 37.1 Å². The normalized spacial score (nSPS) is 27.9. The summed E-state index contributed by atoms with van der Waals surface area (Å²) in [4.78, 5) is 24.7. The highest BCUT2D eigenvalue weighted by atomic mass is 31.2. The predicted molar refractivity (Wildman–Crippen MR) is 109 cm³/mol. The highest BCUT2D eigenvalue weighted by molar-refractivity contribution is 7.45. The SMILES string of the molecule is C=C1C=CN(C2OC(COP(NC3CCOC3=O)Oc3ccccc3)CC2(F)F)C(=O)N1. The molecule has 2 N–H and O–H groups in total. The number of benzene rings is 1. The second-order valence-corrected chi connectivity index (χ2v) is 8.56. The van der Waals surface area contributed by atoms with Crippen LogP contribution in [0.3, 0.4) is 0 Å². The van der Waals surface area contributed by atoms with Gasteiger partial charge in [0.1, 0.15) is 11.8 Å². The summed E-state index contributed by atoms with van der Waals surface area (Å²) in [5.74, 6) is -3.23. The molecule has 2 amide bonds. The van der Waals surface area contributed by atoms with Gasteiger partial charge in [-0.05, 0) is 18.2 Å². The minimum absolute atomic E-state index is 0.231. The third-order valence-corrected chi connectivity index (χ3v) is 6.16. The van der Waals surface area contributed by atoms with E-state index in [0.29, 0.717) is 17.9 Å². The van der Waals surface area contributed by atoms with Crippen molar-refractivity contribution in [2.24, 2.45) is 0 Å². The Morgan fingerprint density at radius 2 is 2.09 bits per heavy atom. The number of para-hydroxylation sites is 1. The van der Waals surface area contributed by atoms with Gasteiger partial charge in [0.15, 0.2) is 0 Å². The number of carbonyl (C=O) groups is 2. The Kier molecular flexibility index (Phi) is 6.71. The number of nitrogens with zero attached hydrogens (tertiary/aromatic N) is 1. The van der Waals surface area contributed by atoms with Crippen molar-refractivity contribution in [3.05, 3.63) is 54.9 Å². The van der Waals surface area contributed by atoms with Crippen molar-refractivity contribution < 1.29 is 36.9 Å². The first-order chi connectivity index (χ1) is 15.3. The molecule has 3 aliphatic rings. The molecule has 3 aliphatic heterocycles. The molecule has 9 nitrogen and oxygen atoms in total. The van der Waals surface area contributed by atoms with Crippen molar-refractivity contribution in [1.29, 1.82) is 0 Å². The Hall–Kier alpha value is -2.59. The lowest BCUT2D eigenvalue weighted by Crippen LogP contribution is -2.50. The number of urea groups is 1. The van der Waals surface area contributed by atoms with E-state index in [1.54, 1.807) is 24.3 Å². The first-order valence-electron chi connectivity index (χ1n) is 9.90. The molecule has 1 aromatic carbocycles. The van der Waals surface area contributed by atoms with Gasteiger partial charge in [-0.15, -0.1) is 0 Å². The van der Waals surface area contributed by atoms with Crippen LogP contribution in [-0.4, -0.2) is 54.4 Å². The van der Waals surface area contributed by atoms with Crippen molar-refractivity contribution in [1.82, 2.24) is 15.3 Å². The Morgan fingerprint density at radius 3 is 2.78 bits per heavy atom. The minimum atomic E-state index is -3.29. The largest absolute Gasteiger partial charge is 0.464 e. The molecule has 172 valence electrons. The van der Waals surface area contributed by atoms with E-state index in [-0.39, 0.29) is 13.2 Å². The molecule has 4 rings (SSSR count). The molecule has 4 unspecified atom stereocenters. The summed E-state index contributed by atoms with van der Waals surface area (Å²) in [6, 6.07) is 7.40. The molecular weight excluding hydrogens is 447 g/mol. The number of hydrogen-bond donors (Lipinski definition) is 2. The van der Waals surface area contributed by atoms with E-state index in [2.05, 4.69) is 17.0 Å². The average molecular weight is 469 g/mol. The summed E-state index contributed by atoms with van der Waals surface area (Å²) >= 11 is 0. The van der Waals surface area contributed by atoms with Crippen LogP contribution in [0.25, 0.3) is 0 Å². The number of carbonyl (C=O) groups excluding carboxylic acids is 2. The quantitative estimate of drug-likeness (QED) is 0.446. The van der Waals surface area contributed by atoms with Crippen molar-refractivity contribution in [3.8, 4) is 5.75 Å². The number of cyclic esters (lactones) is 1. The lowest BCUT2D eigenvalue weighted by Gasteiger charge is -2.31. The smallest absolute Gasteiger partial charge is 0.328 e. The number of esters is 1. The molecule has 0 spiro atoms. The third kappa shape index (κ3) is 5.24. The van der Waals surface area contributed by atoms with Crippen molar-refractivity contribution in [2.75, 3.05) is 13.2 Å². The van der Waals surface area contributed by atoms with Crippen LogP contribution in [0.2, 0.25) is 0 Å². The number of hydrogen-bond acceptors (Lipinski definition) is 7. The number of ether oxygens (including phenoxy) is 2. The van der Waals surface area contributed by atoms with Crippen molar-refractivity contribution >= 4 is 20.5 Å². The zero-order chi connectivity index (χ0) is 22.7. The maximum atomic E-state index is 14.6. The van der Waals surface area contributed by atoms with Gasteiger partial charge < -0.3 is 23.8 Å². The number of halogens is 2. The van der Waals surface area contributed by atoms with E-state index < -0.39 is 51.2 Å². The van der Waals surface area contributed by atoms with E-state index in [1.807, 2.05) is 6.07 Å². The molecule has 0 radical (unpaired) electrons. The lowest BCUT2D eigenvalue weighted by atomic mass is 10.2. The lowest BCUT2D eigenvalue weighted by molar-refractivity contribution is -0.139. The maximum absolute atomic E-state index is 14.6. The molecule has 2 fully saturated rings. The minimum Gasteiger partial charge on any atom is -0.464 e. The van der Waals surface area contributed by atoms with Crippen LogP contribution >= 0.6 is 8.53 Å². The van der Waals surface area contributed by atoms with Gasteiger partial charge >= 0.3 is 20.5 Å². The van der Waals surface area contributed by atoms with Crippen molar-refractivity contribution in [3.63, 3.8) is 0 Å². The van der Waals surface area contributed by atoms with E-state index in [0.717, 1.165) is 4.90 Å². The standard InChI is InChI=1S/C20H22F2N3O6P/c1-13-7-9-25(19(27)23-13)18-20(21,22)11-15(30-18)12-29-32(24-16-8-10-28-17(16)26)31-14-5-3-2-4-6-14/h2-7,9,15-16,18,24H,1,8,10-12H2,(H,23,27). The van der Waals surface area contributed by atoms with Gasteiger partial charge in [0.05, 0.1) is 19.3 Å². The molecule has 0 bridgehead atoms. The van der Waals surface area contributed by atoms with Crippen LogP contribution in [0, 0.1) is 0 Å². The molecule has 32 heavy (non-hydrogen) atoms. The van der Waals surface area contributed by atoms with Gasteiger partial charge in [-0.1, -0.05) is 24.8 Å². The van der Waals surface area contributed by atoms with Crippen LogP contribution < -0.4 is 14.9 Å². The fraction of sp³-hybridized carbons (Fsp3) is 0.400. The average Bonchev–Trinajstić information content (AvgIpc) is 3.28. The van der Waals surface area contributed by atoms with Crippen LogP contribution in [0.15, 0.2) is 54.9 Å². The molecule has 0 aliphatic carbocycles. The first kappa shape index (κ1) is 22.6. The Balaban J connectivity index is 1.39. The van der Waals surface area contributed by atoms with Gasteiger partial charge in [0.25, 0.3) is 5.92 Å². The fourth-order valence-corrected chi connectivity index (χ4v) is 4.61.